The third kappa shape index (κ3) is 2.77. The molecular formula is C11H7ClFNO3S. The lowest BCUT2D eigenvalue weighted by atomic mass is 10.3. The summed E-state index contributed by atoms with van der Waals surface area (Å²) in [6.45, 7) is 0. The van der Waals surface area contributed by atoms with Crippen LogP contribution in [0.15, 0.2) is 47.5 Å². The molecule has 0 aliphatic rings. The second-order valence-corrected chi connectivity index (χ2v) is 5.81. The molecule has 0 fully saturated rings. The number of ether oxygens (including phenoxy) is 1. The van der Waals surface area contributed by atoms with Crippen molar-refractivity contribution in [2.75, 3.05) is 0 Å². The average molecular weight is 288 g/mol. The Balaban J connectivity index is 2.45. The Hall–Kier alpha value is -1.66. The van der Waals surface area contributed by atoms with Gasteiger partial charge in [0.05, 0.1) is 0 Å². The number of benzene rings is 1. The highest BCUT2D eigenvalue weighted by Crippen LogP contribution is 2.29. The van der Waals surface area contributed by atoms with Crippen LogP contribution < -0.4 is 4.74 Å². The molecule has 0 bridgehead atoms. The Bertz CT molecular complexity index is 675. The van der Waals surface area contributed by atoms with Gasteiger partial charge >= 0.3 is 0 Å². The van der Waals surface area contributed by atoms with E-state index in [0.29, 0.717) is 0 Å². The Morgan fingerprint density at radius 1 is 1.17 bits per heavy atom. The molecule has 7 heteroatoms. The molecule has 2 rings (SSSR count). The SMILES string of the molecule is O=S(=O)(Cl)c1cccnc1Oc1ccccc1F. The minimum Gasteiger partial charge on any atom is -0.435 e. The van der Waals surface area contributed by atoms with E-state index in [0.717, 1.165) is 0 Å². The Morgan fingerprint density at radius 3 is 2.56 bits per heavy atom. The highest BCUT2D eigenvalue weighted by Gasteiger charge is 2.19. The first-order valence-corrected chi connectivity index (χ1v) is 7.11. The molecule has 0 unspecified atom stereocenters. The van der Waals surface area contributed by atoms with Crippen LogP contribution in [0.1, 0.15) is 0 Å². The van der Waals surface area contributed by atoms with Gasteiger partial charge in [-0.1, -0.05) is 12.1 Å². The van der Waals surface area contributed by atoms with Gasteiger partial charge in [-0.25, -0.2) is 17.8 Å². The molecule has 0 amide bonds. The minimum atomic E-state index is -4.00. The zero-order valence-corrected chi connectivity index (χ0v) is 10.5. The highest BCUT2D eigenvalue weighted by molar-refractivity contribution is 8.13. The lowest BCUT2D eigenvalue weighted by molar-refractivity contribution is 0.416. The standard InChI is InChI=1S/C11H7ClFNO3S/c12-18(15,16)10-6-3-7-14-11(10)17-9-5-2-1-4-8(9)13/h1-7H. The van der Waals surface area contributed by atoms with Gasteiger partial charge in [0.15, 0.2) is 11.6 Å². The first kappa shape index (κ1) is 12.8. The topological polar surface area (TPSA) is 56.3 Å². The fourth-order valence-corrected chi connectivity index (χ4v) is 2.17. The van der Waals surface area contributed by atoms with Gasteiger partial charge in [0.1, 0.15) is 4.90 Å². The van der Waals surface area contributed by atoms with E-state index in [-0.39, 0.29) is 16.5 Å². The lowest BCUT2D eigenvalue weighted by Crippen LogP contribution is -1.98. The molecule has 18 heavy (non-hydrogen) atoms. The van der Waals surface area contributed by atoms with Crippen molar-refractivity contribution >= 4 is 19.7 Å². The maximum atomic E-state index is 13.4. The van der Waals surface area contributed by atoms with Crippen LogP contribution >= 0.6 is 10.7 Å². The van der Waals surface area contributed by atoms with E-state index >= 15 is 0 Å². The number of para-hydroxylation sites is 1. The van der Waals surface area contributed by atoms with Crippen molar-refractivity contribution in [2.24, 2.45) is 0 Å². The number of rotatable bonds is 3. The number of hydrogen-bond acceptors (Lipinski definition) is 4. The minimum absolute atomic E-state index is 0.127. The first-order chi connectivity index (χ1) is 8.48. The van der Waals surface area contributed by atoms with Crippen LogP contribution in [-0.4, -0.2) is 13.4 Å². The van der Waals surface area contributed by atoms with Gasteiger partial charge in [-0.3, -0.25) is 0 Å². The second kappa shape index (κ2) is 4.91. The van der Waals surface area contributed by atoms with Gasteiger partial charge in [0.2, 0.25) is 5.88 Å². The third-order valence-corrected chi connectivity index (χ3v) is 3.38. The van der Waals surface area contributed by atoms with Crippen molar-refractivity contribution in [3.8, 4) is 11.6 Å². The van der Waals surface area contributed by atoms with Crippen molar-refractivity contribution in [3.63, 3.8) is 0 Å². The molecule has 0 radical (unpaired) electrons. The summed E-state index contributed by atoms with van der Waals surface area (Å²) in [5.41, 5.74) is 0. The van der Waals surface area contributed by atoms with E-state index in [9.17, 15) is 12.8 Å². The molecule has 94 valence electrons. The Morgan fingerprint density at radius 2 is 1.89 bits per heavy atom. The van der Waals surface area contributed by atoms with Crippen LogP contribution in [0.4, 0.5) is 4.39 Å². The van der Waals surface area contributed by atoms with E-state index in [2.05, 4.69) is 4.98 Å². The molecule has 0 aliphatic heterocycles. The summed E-state index contributed by atoms with van der Waals surface area (Å²) in [4.78, 5) is 3.42. The van der Waals surface area contributed by atoms with Gasteiger partial charge in [0.25, 0.3) is 9.05 Å². The third-order valence-electron chi connectivity index (χ3n) is 2.04. The van der Waals surface area contributed by atoms with Crippen molar-refractivity contribution in [1.29, 1.82) is 0 Å². The molecule has 2 aromatic rings. The lowest BCUT2D eigenvalue weighted by Gasteiger charge is -2.07. The molecule has 0 aliphatic carbocycles. The average Bonchev–Trinajstić information content (AvgIpc) is 2.31. The van der Waals surface area contributed by atoms with Crippen LogP contribution in [0.3, 0.4) is 0 Å². The molecule has 0 spiro atoms. The molecule has 1 aromatic heterocycles. The summed E-state index contributed by atoms with van der Waals surface area (Å²) in [7, 11) is 1.22. The number of aromatic nitrogens is 1. The summed E-state index contributed by atoms with van der Waals surface area (Å²) in [5, 5.41) is 0. The normalized spacial score (nSPS) is 11.2. The van der Waals surface area contributed by atoms with Gasteiger partial charge in [-0.15, -0.1) is 0 Å². The van der Waals surface area contributed by atoms with Gasteiger partial charge in [-0.05, 0) is 24.3 Å². The molecule has 4 nitrogen and oxygen atoms in total. The van der Waals surface area contributed by atoms with Crippen molar-refractivity contribution < 1.29 is 17.5 Å². The van der Waals surface area contributed by atoms with E-state index < -0.39 is 14.9 Å². The van der Waals surface area contributed by atoms with Crippen LogP contribution in [-0.2, 0) is 9.05 Å². The summed E-state index contributed by atoms with van der Waals surface area (Å²) in [6, 6.07) is 8.20. The molecule has 0 atom stereocenters. The summed E-state index contributed by atoms with van der Waals surface area (Å²) in [5.74, 6) is -1.02. The van der Waals surface area contributed by atoms with Gasteiger partial charge in [0, 0.05) is 16.9 Å². The van der Waals surface area contributed by atoms with Crippen LogP contribution in [0.5, 0.6) is 11.6 Å². The number of hydrogen-bond donors (Lipinski definition) is 0. The molecule has 0 N–H and O–H groups in total. The van der Waals surface area contributed by atoms with Gasteiger partial charge in [-0.2, -0.15) is 0 Å². The summed E-state index contributed by atoms with van der Waals surface area (Å²) >= 11 is 0. The van der Waals surface area contributed by atoms with Crippen molar-refractivity contribution in [3.05, 3.63) is 48.4 Å². The zero-order chi connectivity index (χ0) is 13.2. The van der Waals surface area contributed by atoms with E-state index in [1.807, 2.05) is 0 Å². The predicted molar refractivity (Wildman–Crippen MR) is 63.7 cm³/mol. The van der Waals surface area contributed by atoms with Gasteiger partial charge < -0.3 is 4.74 Å². The second-order valence-electron chi connectivity index (χ2n) is 3.28. The number of nitrogens with zero attached hydrogens (tertiary/aromatic N) is 1. The van der Waals surface area contributed by atoms with Crippen molar-refractivity contribution in [1.82, 2.24) is 4.98 Å². The molecule has 0 saturated heterocycles. The number of halogens is 2. The monoisotopic (exact) mass is 287 g/mol. The molecule has 0 saturated carbocycles. The van der Waals surface area contributed by atoms with Crippen LogP contribution in [0.25, 0.3) is 0 Å². The summed E-state index contributed by atoms with van der Waals surface area (Å²) < 4.78 is 41.0. The van der Waals surface area contributed by atoms with E-state index in [4.69, 9.17) is 15.4 Å². The largest absolute Gasteiger partial charge is 0.435 e. The van der Waals surface area contributed by atoms with Crippen LogP contribution in [0.2, 0.25) is 0 Å². The first-order valence-electron chi connectivity index (χ1n) is 4.80. The van der Waals surface area contributed by atoms with E-state index in [1.54, 1.807) is 6.07 Å². The fraction of sp³-hybridized carbons (Fsp3) is 0. The van der Waals surface area contributed by atoms with Crippen molar-refractivity contribution in [2.45, 2.75) is 4.90 Å². The Kier molecular flexibility index (Phi) is 3.49. The maximum absolute atomic E-state index is 13.4. The molecule has 1 heterocycles. The Labute approximate surface area is 107 Å². The number of pyridine rings is 1. The molecule has 1 aromatic carbocycles. The predicted octanol–water partition coefficient (Wildman–Crippen LogP) is 2.94. The smallest absolute Gasteiger partial charge is 0.266 e. The van der Waals surface area contributed by atoms with Crippen LogP contribution in [0, 0.1) is 5.82 Å². The zero-order valence-electron chi connectivity index (χ0n) is 8.88. The van der Waals surface area contributed by atoms with E-state index in [1.165, 1.54) is 36.5 Å². The molecular weight excluding hydrogens is 281 g/mol. The fourth-order valence-electron chi connectivity index (χ4n) is 1.27. The quantitative estimate of drug-likeness (QED) is 0.815. The summed E-state index contributed by atoms with van der Waals surface area (Å²) in [6.07, 6.45) is 1.32. The maximum Gasteiger partial charge on any atom is 0.266 e. The highest BCUT2D eigenvalue weighted by atomic mass is 35.7.